The molecule has 0 spiro atoms. The number of hydrogen-bond donors (Lipinski definition) is 0. The maximum absolute atomic E-state index is 14.0. The molecule has 2 aliphatic rings. The first-order valence-corrected chi connectivity index (χ1v) is 13.3. The summed E-state index contributed by atoms with van der Waals surface area (Å²) in [6.07, 6.45) is 0.748. The molecule has 0 saturated carbocycles. The number of ether oxygens (including phenoxy) is 1. The Morgan fingerprint density at radius 3 is 2.13 bits per heavy atom. The molecular formula is C31H37Cl2N3O3. The molecule has 3 aromatic rings. The summed E-state index contributed by atoms with van der Waals surface area (Å²) in [6.45, 7) is 9.42. The van der Waals surface area contributed by atoms with Crippen molar-refractivity contribution in [1.82, 2.24) is 4.90 Å². The summed E-state index contributed by atoms with van der Waals surface area (Å²) in [7, 11) is 0. The number of anilines is 2. The molecule has 8 heteroatoms. The van der Waals surface area contributed by atoms with Gasteiger partial charge in [0, 0.05) is 44.1 Å². The predicted octanol–water partition coefficient (Wildman–Crippen LogP) is 5.57. The number of likely N-dealkylation sites (N-methyl/N-ethyl adjacent to an activating group) is 1. The van der Waals surface area contributed by atoms with E-state index < -0.39 is 5.41 Å². The van der Waals surface area contributed by atoms with Gasteiger partial charge in [0.05, 0.1) is 12.2 Å². The molecule has 1 atom stereocenters. The van der Waals surface area contributed by atoms with Gasteiger partial charge in [-0.25, -0.2) is 4.79 Å². The number of hydrogen-bond acceptors (Lipinski definition) is 5. The minimum Gasteiger partial charge on any atom is -0.462 e. The summed E-state index contributed by atoms with van der Waals surface area (Å²) in [5.74, 6) is -0.0985. The highest BCUT2D eigenvalue weighted by Crippen LogP contribution is 2.48. The zero-order valence-corrected chi connectivity index (χ0v) is 24.2. The van der Waals surface area contributed by atoms with Crippen LogP contribution in [-0.4, -0.2) is 62.7 Å². The van der Waals surface area contributed by atoms with Crippen LogP contribution in [0.15, 0.2) is 78.9 Å². The zero-order chi connectivity index (χ0) is 25.8. The standard InChI is InChI=1S/C31H35N3O3.2ClH/c1-3-34-28-13-9-8-12-27(28)31(30(34)36,25-10-6-5-7-11-25)18-19-32-20-22-33(23-21-32)26-16-14-24(15-17-26)29(35)37-4-2;;/h5-17H,3-4,18-23H2,1-2H3;2*1H. The average molecular weight is 571 g/mol. The van der Waals surface area contributed by atoms with Gasteiger partial charge in [0.15, 0.2) is 0 Å². The van der Waals surface area contributed by atoms with E-state index in [4.69, 9.17) is 4.74 Å². The van der Waals surface area contributed by atoms with E-state index in [1.807, 2.05) is 67.3 Å². The summed E-state index contributed by atoms with van der Waals surface area (Å²) in [6, 6.07) is 26.2. The number of nitrogens with zero attached hydrogens (tertiary/aromatic N) is 3. The molecular weight excluding hydrogens is 533 g/mol. The Hall–Kier alpha value is -3.06. The Labute approximate surface area is 243 Å². The number of rotatable bonds is 8. The van der Waals surface area contributed by atoms with Gasteiger partial charge in [-0.2, -0.15) is 0 Å². The van der Waals surface area contributed by atoms with Crippen molar-refractivity contribution >= 4 is 48.1 Å². The third-order valence-electron chi connectivity index (χ3n) is 7.77. The van der Waals surface area contributed by atoms with Gasteiger partial charge in [-0.3, -0.25) is 9.69 Å². The van der Waals surface area contributed by atoms with Crippen LogP contribution in [0.2, 0.25) is 0 Å². The Morgan fingerprint density at radius 2 is 1.49 bits per heavy atom. The number of para-hydroxylation sites is 1. The van der Waals surface area contributed by atoms with Crippen molar-refractivity contribution in [3.63, 3.8) is 0 Å². The molecule has 39 heavy (non-hydrogen) atoms. The highest BCUT2D eigenvalue weighted by molar-refractivity contribution is 6.10. The van der Waals surface area contributed by atoms with Crippen molar-refractivity contribution in [1.29, 1.82) is 0 Å². The molecule has 3 aromatic carbocycles. The predicted molar refractivity (Wildman–Crippen MR) is 162 cm³/mol. The number of carbonyl (C=O) groups is 2. The lowest BCUT2D eigenvalue weighted by Crippen LogP contribution is -2.49. The molecule has 1 unspecified atom stereocenters. The fourth-order valence-corrected chi connectivity index (χ4v) is 5.80. The van der Waals surface area contributed by atoms with Crippen molar-refractivity contribution in [2.45, 2.75) is 25.7 Å². The summed E-state index contributed by atoms with van der Waals surface area (Å²) in [4.78, 5) is 32.7. The van der Waals surface area contributed by atoms with Crippen molar-refractivity contribution in [2.24, 2.45) is 0 Å². The van der Waals surface area contributed by atoms with Crippen LogP contribution in [-0.2, 0) is 14.9 Å². The molecule has 1 amide bonds. The smallest absolute Gasteiger partial charge is 0.338 e. The van der Waals surface area contributed by atoms with E-state index >= 15 is 0 Å². The van der Waals surface area contributed by atoms with Crippen LogP contribution in [0.25, 0.3) is 0 Å². The van der Waals surface area contributed by atoms with Crippen molar-refractivity contribution in [3.05, 3.63) is 95.6 Å². The van der Waals surface area contributed by atoms with Gasteiger partial charge in [-0.1, -0.05) is 48.5 Å². The topological polar surface area (TPSA) is 53.1 Å². The maximum atomic E-state index is 14.0. The van der Waals surface area contributed by atoms with Gasteiger partial charge in [0.25, 0.3) is 0 Å². The number of fused-ring (bicyclic) bond motifs is 1. The Morgan fingerprint density at radius 1 is 0.846 bits per heavy atom. The van der Waals surface area contributed by atoms with Gasteiger partial charge in [0.2, 0.25) is 5.91 Å². The number of esters is 1. The molecule has 0 aliphatic carbocycles. The molecule has 0 radical (unpaired) electrons. The maximum Gasteiger partial charge on any atom is 0.338 e. The number of halogens is 2. The van der Waals surface area contributed by atoms with E-state index in [0.717, 1.165) is 61.6 Å². The molecule has 2 aliphatic heterocycles. The Balaban J connectivity index is 0.00000210. The lowest BCUT2D eigenvalue weighted by atomic mass is 9.72. The molecule has 0 N–H and O–H groups in total. The second-order valence-corrected chi connectivity index (χ2v) is 9.68. The Kier molecular flexibility index (Phi) is 10.4. The highest BCUT2D eigenvalue weighted by atomic mass is 35.5. The summed E-state index contributed by atoms with van der Waals surface area (Å²) < 4.78 is 5.09. The Bertz CT molecular complexity index is 1250. The van der Waals surface area contributed by atoms with Crippen LogP contribution in [0.5, 0.6) is 0 Å². The monoisotopic (exact) mass is 569 g/mol. The highest BCUT2D eigenvalue weighted by Gasteiger charge is 2.51. The molecule has 0 aromatic heterocycles. The SMILES string of the molecule is CCOC(=O)c1ccc(N2CCN(CCC3(c4ccccc4)C(=O)N(CC)c4ccccc43)CC2)cc1.Cl.Cl. The van der Waals surface area contributed by atoms with Crippen LogP contribution >= 0.6 is 24.8 Å². The molecule has 208 valence electrons. The molecule has 1 fully saturated rings. The van der Waals surface area contributed by atoms with Gasteiger partial charge in [-0.15, -0.1) is 24.8 Å². The minimum atomic E-state index is -0.659. The van der Waals surface area contributed by atoms with Crippen LogP contribution in [0, 0.1) is 0 Å². The van der Waals surface area contributed by atoms with Gasteiger partial charge in [-0.05, 0) is 68.3 Å². The van der Waals surface area contributed by atoms with E-state index in [9.17, 15) is 9.59 Å². The third-order valence-corrected chi connectivity index (χ3v) is 7.77. The normalized spacial score (nSPS) is 18.7. The van der Waals surface area contributed by atoms with Crippen LogP contribution < -0.4 is 9.80 Å². The lowest BCUT2D eigenvalue weighted by Gasteiger charge is -2.38. The number of carbonyl (C=O) groups excluding carboxylic acids is 2. The van der Waals surface area contributed by atoms with E-state index in [2.05, 4.69) is 40.1 Å². The van der Waals surface area contributed by atoms with Gasteiger partial charge < -0.3 is 14.5 Å². The fraction of sp³-hybridized carbons (Fsp3) is 0.355. The first-order chi connectivity index (χ1) is 18.1. The number of benzene rings is 3. The largest absolute Gasteiger partial charge is 0.462 e. The first kappa shape index (κ1) is 30.5. The van der Waals surface area contributed by atoms with E-state index in [-0.39, 0.29) is 36.7 Å². The third kappa shape index (κ3) is 5.79. The molecule has 2 heterocycles. The summed E-state index contributed by atoms with van der Waals surface area (Å²) in [5, 5.41) is 0. The molecule has 1 saturated heterocycles. The van der Waals surface area contributed by atoms with Crippen molar-refractivity contribution in [2.75, 3.05) is 55.7 Å². The number of amides is 1. The van der Waals surface area contributed by atoms with Gasteiger partial charge >= 0.3 is 5.97 Å². The van der Waals surface area contributed by atoms with E-state index in [0.29, 0.717) is 18.7 Å². The van der Waals surface area contributed by atoms with E-state index in [1.165, 1.54) is 0 Å². The first-order valence-electron chi connectivity index (χ1n) is 13.3. The molecule has 5 rings (SSSR count). The van der Waals surface area contributed by atoms with Gasteiger partial charge in [0.1, 0.15) is 5.41 Å². The van der Waals surface area contributed by atoms with Crippen molar-refractivity contribution in [3.8, 4) is 0 Å². The number of piperazine rings is 1. The minimum absolute atomic E-state index is 0. The average Bonchev–Trinajstić information content (AvgIpc) is 3.20. The van der Waals surface area contributed by atoms with Crippen LogP contribution in [0.4, 0.5) is 11.4 Å². The van der Waals surface area contributed by atoms with Crippen molar-refractivity contribution < 1.29 is 14.3 Å². The van der Waals surface area contributed by atoms with Crippen LogP contribution in [0.1, 0.15) is 41.8 Å². The second kappa shape index (κ2) is 13.3. The quantitative estimate of drug-likeness (QED) is 0.332. The summed E-state index contributed by atoms with van der Waals surface area (Å²) >= 11 is 0. The molecule has 6 nitrogen and oxygen atoms in total. The summed E-state index contributed by atoms with van der Waals surface area (Å²) in [5.41, 5.74) is 4.27. The zero-order valence-electron chi connectivity index (χ0n) is 22.5. The second-order valence-electron chi connectivity index (χ2n) is 9.68. The lowest BCUT2D eigenvalue weighted by molar-refractivity contribution is -0.122. The van der Waals surface area contributed by atoms with E-state index in [1.54, 1.807) is 0 Å². The van der Waals surface area contributed by atoms with Crippen LogP contribution in [0.3, 0.4) is 0 Å². The fourth-order valence-electron chi connectivity index (χ4n) is 5.80. The molecule has 0 bridgehead atoms.